The number of ether oxygens (including phenoxy) is 2. The van der Waals surface area contributed by atoms with Crippen molar-refractivity contribution in [3.63, 3.8) is 0 Å². The van der Waals surface area contributed by atoms with Crippen molar-refractivity contribution in [2.75, 3.05) is 12.4 Å². The van der Waals surface area contributed by atoms with Crippen LogP contribution in [-0.4, -0.2) is 53.5 Å². The summed E-state index contributed by atoms with van der Waals surface area (Å²) in [5, 5.41) is 6.14. The molecule has 2 aromatic rings. The number of rotatable bonds is 7. The number of carbonyl (C=O) groups excluding carboxylic acids is 3. The number of amides is 3. The Kier molecular flexibility index (Phi) is 6.86. The highest BCUT2D eigenvalue weighted by Crippen LogP contribution is 2.55. The molecule has 1 spiro atoms. The summed E-state index contributed by atoms with van der Waals surface area (Å²) in [5.41, 5.74) is -0.0367. The van der Waals surface area contributed by atoms with Crippen LogP contribution in [-0.2, 0) is 25.7 Å². The van der Waals surface area contributed by atoms with E-state index in [9.17, 15) is 18.8 Å². The zero-order chi connectivity index (χ0) is 28.0. The summed E-state index contributed by atoms with van der Waals surface area (Å²) in [6, 6.07) is 11.9. The topological polar surface area (TPSA) is 97.0 Å². The maximum Gasteiger partial charge on any atom is 0.246 e. The SMILES string of the molecule is COc1cccc(NC(=O)C2[C@@H]3C=C[C@]4(O3)C(C(=O)NC3CCCCC3C)N(Cc3ccc(F)cc3)C(=O)[C@H]24)c1. The number of hydrogen-bond donors (Lipinski definition) is 2. The van der Waals surface area contributed by atoms with Gasteiger partial charge in [-0.1, -0.05) is 50.1 Å². The van der Waals surface area contributed by atoms with Gasteiger partial charge in [-0.15, -0.1) is 0 Å². The molecular weight excluding hydrogens is 513 g/mol. The lowest BCUT2D eigenvalue weighted by atomic mass is 9.74. The quantitative estimate of drug-likeness (QED) is 0.514. The van der Waals surface area contributed by atoms with Crippen LogP contribution in [0.3, 0.4) is 0 Å². The van der Waals surface area contributed by atoms with E-state index < -0.39 is 29.6 Å². The average molecular weight is 548 g/mol. The van der Waals surface area contributed by atoms with Crippen molar-refractivity contribution >= 4 is 23.4 Å². The molecule has 1 saturated carbocycles. The molecule has 2 saturated heterocycles. The molecule has 2 aromatic carbocycles. The van der Waals surface area contributed by atoms with Crippen LogP contribution in [0.2, 0.25) is 0 Å². The van der Waals surface area contributed by atoms with Gasteiger partial charge in [-0.3, -0.25) is 14.4 Å². The van der Waals surface area contributed by atoms with Crippen molar-refractivity contribution in [1.82, 2.24) is 10.2 Å². The summed E-state index contributed by atoms with van der Waals surface area (Å²) in [6.07, 6.45) is 7.06. The first kappa shape index (κ1) is 26.5. The number of anilines is 1. The van der Waals surface area contributed by atoms with Crippen molar-refractivity contribution in [3.05, 3.63) is 72.1 Å². The number of nitrogens with zero attached hydrogens (tertiary/aromatic N) is 1. The molecule has 3 aliphatic heterocycles. The van der Waals surface area contributed by atoms with Crippen molar-refractivity contribution in [3.8, 4) is 5.75 Å². The van der Waals surface area contributed by atoms with Gasteiger partial charge in [0, 0.05) is 24.3 Å². The molecule has 1 aliphatic carbocycles. The predicted molar refractivity (Wildman–Crippen MR) is 146 cm³/mol. The number of likely N-dealkylation sites (tertiary alicyclic amines) is 1. The van der Waals surface area contributed by atoms with Gasteiger partial charge in [0.05, 0.1) is 25.0 Å². The summed E-state index contributed by atoms with van der Waals surface area (Å²) in [5.74, 6) is -2.10. The molecule has 9 heteroatoms. The molecule has 6 rings (SSSR count). The van der Waals surface area contributed by atoms with E-state index in [1.807, 2.05) is 0 Å². The predicted octanol–water partition coefficient (Wildman–Crippen LogP) is 3.82. The van der Waals surface area contributed by atoms with Gasteiger partial charge in [-0.05, 0) is 48.6 Å². The van der Waals surface area contributed by atoms with Crippen LogP contribution in [0.4, 0.5) is 10.1 Å². The van der Waals surface area contributed by atoms with E-state index in [2.05, 4.69) is 17.6 Å². The van der Waals surface area contributed by atoms with Gasteiger partial charge in [0.1, 0.15) is 23.2 Å². The number of carbonyl (C=O) groups is 3. The van der Waals surface area contributed by atoms with E-state index in [0.29, 0.717) is 22.9 Å². The molecule has 4 aliphatic rings. The first-order valence-electron chi connectivity index (χ1n) is 14.0. The number of fused-ring (bicyclic) bond motifs is 1. The lowest BCUT2D eigenvalue weighted by Crippen LogP contribution is -2.57. The van der Waals surface area contributed by atoms with Crippen LogP contribution in [0, 0.1) is 23.6 Å². The van der Waals surface area contributed by atoms with Crippen molar-refractivity contribution in [1.29, 1.82) is 0 Å². The van der Waals surface area contributed by atoms with Crippen LogP contribution in [0.15, 0.2) is 60.7 Å². The zero-order valence-corrected chi connectivity index (χ0v) is 22.6. The second-order valence-corrected chi connectivity index (χ2v) is 11.4. The molecule has 2 N–H and O–H groups in total. The van der Waals surface area contributed by atoms with E-state index >= 15 is 0 Å². The first-order valence-corrected chi connectivity index (χ1v) is 14.0. The second kappa shape index (κ2) is 10.4. The fraction of sp³-hybridized carbons (Fsp3) is 0.452. The fourth-order valence-corrected chi connectivity index (χ4v) is 6.94. The van der Waals surface area contributed by atoms with E-state index in [1.54, 1.807) is 55.7 Å². The molecule has 3 amide bonds. The molecule has 3 fully saturated rings. The van der Waals surface area contributed by atoms with Crippen LogP contribution >= 0.6 is 0 Å². The third-order valence-corrected chi connectivity index (χ3v) is 8.97. The van der Waals surface area contributed by atoms with E-state index in [4.69, 9.17) is 9.47 Å². The molecule has 210 valence electrons. The number of benzene rings is 2. The summed E-state index contributed by atoms with van der Waals surface area (Å²) < 4.78 is 25.3. The standard InChI is InChI=1S/C31H34FN3O5/c1-18-6-3-4-9-23(18)34-29(37)27-31-15-14-24(40-31)25(28(36)33-21-7-5-8-22(16-21)39-2)26(31)30(38)35(27)17-19-10-12-20(32)13-11-19/h5,7-8,10-16,18,23-27H,3-4,6,9,17H2,1-2H3,(H,33,36)(H,34,37)/t18?,23?,24-,25?,26-,27?,31+/m0/s1. The largest absolute Gasteiger partial charge is 0.497 e. The van der Waals surface area contributed by atoms with Crippen molar-refractivity contribution in [2.45, 2.75) is 62.9 Å². The van der Waals surface area contributed by atoms with Gasteiger partial charge < -0.3 is 25.0 Å². The highest BCUT2D eigenvalue weighted by molar-refractivity contribution is 6.02. The Balaban J connectivity index is 1.32. The molecule has 7 atom stereocenters. The van der Waals surface area contributed by atoms with Crippen molar-refractivity contribution in [2.24, 2.45) is 17.8 Å². The Bertz CT molecular complexity index is 1350. The minimum absolute atomic E-state index is 0.00853. The summed E-state index contributed by atoms with van der Waals surface area (Å²) >= 11 is 0. The van der Waals surface area contributed by atoms with Gasteiger partial charge in [0.15, 0.2) is 0 Å². The minimum Gasteiger partial charge on any atom is -0.497 e. The average Bonchev–Trinajstić information content (AvgIpc) is 3.59. The molecule has 3 heterocycles. The van der Waals surface area contributed by atoms with Gasteiger partial charge in [0.2, 0.25) is 17.7 Å². The first-order chi connectivity index (χ1) is 19.3. The summed E-state index contributed by atoms with van der Waals surface area (Å²) in [6.45, 7) is 2.24. The molecule has 0 aromatic heterocycles. The zero-order valence-electron chi connectivity index (χ0n) is 22.6. The lowest BCUT2D eigenvalue weighted by Gasteiger charge is -2.36. The highest BCUT2D eigenvalue weighted by atomic mass is 19.1. The third kappa shape index (κ3) is 4.46. The van der Waals surface area contributed by atoms with E-state index in [-0.39, 0.29) is 36.1 Å². The smallest absolute Gasteiger partial charge is 0.246 e. The second-order valence-electron chi connectivity index (χ2n) is 11.4. The molecule has 0 radical (unpaired) electrons. The van der Waals surface area contributed by atoms with Gasteiger partial charge >= 0.3 is 0 Å². The van der Waals surface area contributed by atoms with Gasteiger partial charge in [0.25, 0.3) is 0 Å². The maximum absolute atomic E-state index is 14.1. The number of hydrogen-bond acceptors (Lipinski definition) is 5. The molecule has 2 bridgehead atoms. The number of methoxy groups -OCH3 is 1. The monoisotopic (exact) mass is 547 g/mol. The van der Waals surface area contributed by atoms with Gasteiger partial charge in [-0.2, -0.15) is 0 Å². The third-order valence-electron chi connectivity index (χ3n) is 8.97. The lowest BCUT2D eigenvalue weighted by molar-refractivity contribution is -0.142. The number of nitrogens with one attached hydrogen (secondary N) is 2. The Labute approximate surface area is 232 Å². The van der Waals surface area contributed by atoms with E-state index in [1.165, 1.54) is 17.0 Å². The van der Waals surface area contributed by atoms with Crippen LogP contribution < -0.4 is 15.4 Å². The van der Waals surface area contributed by atoms with Gasteiger partial charge in [-0.25, -0.2) is 4.39 Å². The normalized spacial score (nSPS) is 32.2. The Hall–Kier alpha value is -3.72. The minimum atomic E-state index is -1.26. The fourth-order valence-electron chi connectivity index (χ4n) is 6.94. The van der Waals surface area contributed by atoms with Crippen molar-refractivity contribution < 1.29 is 28.2 Å². The molecule has 8 nitrogen and oxygen atoms in total. The van der Waals surface area contributed by atoms with E-state index in [0.717, 1.165) is 25.7 Å². The summed E-state index contributed by atoms with van der Waals surface area (Å²) in [7, 11) is 1.55. The summed E-state index contributed by atoms with van der Waals surface area (Å²) in [4.78, 5) is 43.3. The molecular formula is C31H34FN3O5. The van der Waals surface area contributed by atoms with Crippen LogP contribution in [0.25, 0.3) is 0 Å². The Morgan fingerprint density at radius 2 is 1.90 bits per heavy atom. The van der Waals surface area contributed by atoms with Crippen LogP contribution in [0.5, 0.6) is 5.75 Å². The Morgan fingerprint density at radius 3 is 2.65 bits per heavy atom. The number of halogens is 1. The van der Waals surface area contributed by atoms with Crippen LogP contribution in [0.1, 0.15) is 38.2 Å². The highest BCUT2D eigenvalue weighted by Gasteiger charge is 2.72. The maximum atomic E-state index is 14.1. The Morgan fingerprint density at radius 1 is 1.12 bits per heavy atom. The molecule has 40 heavy (non-hydrogen) atoms. The molecule has 4 unspecified atom stereocenters.